The van der Waals surface area contributed by atoms with Gasteiger partial charge in [0, 0.05) is 29.9 Å². The van der Waals surface area contributed by atoms with Crippen LogP contribution < -0.4 is 19.7 Å². The van der Waals surface area contributed by atoms with Crippen LogP contribution in [0.15, 0.2) is 48.9 Å². The molecular formula is C28H29ClN8O4. The van der Waals surface area contributed by atoms with Crippen molar-refractivity contribution in [3.8, 4) is 28.8 Å². The predicted molar refractivity (Wildman–Crippen MR) is 151 cm³/mol. The third kappa shape index (κ3) is 6.41. The van der Waals surface area contributed by atoms with Gasteiger partial charge < -0.3 is 24.4 Å². The van der Waals surface area contributed by atoms with Crippen LogP contribution in [-0.2, 0) is 4.74 Å². The van der Waals surface area contributed by atoms with Crippen LogP contribution in [0.5, 0.6) is 11.6 Å². The van der Waals surface area contributed by atoms with Gasteiger partial charge in [-0.25, -0.2) is 14.3 Å². The molecule has 1 fully saturated rings. The fourth-order valence-electron chi connectivity index (χ4n) is 4.58. The Bertz CT molecular complexity index is 1580. The van der Waals surface area contributed by atoms with E-state index in [9.17, 15) is 10.1 Å². The number of amides is 1. The Morgan fingerprint density at radius 3 is 2.68 bits per heavy atom. The number of nitrogens with one attached hydrogen (secondary N) is 1. The van der Waals surface area contributed by atoms with E-state index in [4.69, 9.17) is 30.8 Å². The molecule has 13 heteroatoms. The fraction of sp³-hybridized carbons (Fsp3) is 0.357. The number of anilines is 1. The third-order valence-electron chi connectivity index (χ3n) is 6.25. The highest BCUT2D eigenvalue weighted by Gasteiger charge is 2.37. The minimum Gasteiger partial charge on any atom is -0.492 e. The molecule has 41 heavy (non-hydrogen) atoms. The molecule has 0 unspecified atom stereocenters. The van der Waals surface area contributed by atoms with Crippen LogP contribution in [0.3, 0.4) is 0 Å². The summed E-state index contributed by atoms with van der Waals surface area (Å²) in [6.07, 6.45) is 4.01. The molecule has 4 aromatic heterocycles. The molecule has 0 aromatic carbocycles. The number of carbonyl (C=O) groups is 1. The summed E-state index contributed by atoms with van der Waals surface area (Å²) in [4.78, 5) is 19.3. The normalized spacial score (nSPS) is 16.8. The van der Waals surface area contributed by atoms with Crippen molar-refractivity contribution in [2.75, 3.05) is 24.6 Å². The van der Waals surface area contributed by atoms with Gasteiger partial charge in [-0.15, -0.1) is 10.2 Å². The van der Waals surface area contributed by atoms with Crippen LogP contribution in [-0.4, -0.2) is 68.3 Å². The number of alkyl carbamates (subject to hydrolysis) is 1. The van der Waals surface area contributed by atoms with Crippen LogP contribution in [0.4, 0.5) is 10.6 Å². The number of aromatic nitrogens is 5. The maximum atomic E-state index is 12.6. The minimum atomic E-state index is -0.649. The van der Waals surface area contributed by atoms with Gasteiger partial charge in [0.25, 0.3) is 0 Å². The zero-order chi connectivity index (χ0) is 29.1. The summed E-state index contributed by atoms with van der Waals surface area (Å²) in [6.45, 7) is 8.65. The quantitative estimate of drug-likeness (QED) is 0.339. The molecule has 5 heterocycles. The predicted octanol–water partition coefficient (Wildman–Crippen LogP) is 4.27. The lowest BCUT2D eigenvalue weighted by molar-refractivity contribution is 0.0471. The van der Waals surface area contributed by atoms with Gasteiger partial charge in [-0.2, -0.15) is 10.4 Å². The molecular weight excluding hydrogens is 548 g/mol. The van der Waals surface area contributed by atoms with E-state index in [0.29, 0.717) is 42.3 Å². The molecule has 1 N–H and O–H groups in total. The molecule has 12 nitrogen and oxygen atoms in total. The second kappa shape index (κ2) is 11.5. The van der Waals surface area contributed by atoms with Gasteiger partial charge in [0.15, 0.2) is 5.15 Å². The number of nitriles is 1. The fourth-order valence-corrected chi connectivity index (χ4v) is 4.68. The van der Waals surface area contributed by atoms with E-state index >= 15 is 0 Å². The largest absolute Gasteiger partial charge is 0.492 e. The lowest BCUT2D eigenvalue weighted by Crippen LogP contribution is -2.47. The molecule has 4 aromatic rings. The zero-order valence-electron chi connectivity index (χ0n) is 23.0. The molecule has 0 spiro atoms. The summed E-state index contributed by atoms with van der Waals surface area (Å²) in [6, 6.07) is 10.7. The highest BCUT2D eigenvalue weighted by atomic mass is 35.5. The van der Waals surface area contributed by atoms with Crippen molar-refractivity contribution in [2.45, 2.75) is 45.4 Å². The monoisotopic (exact) mass is 576 g/mol. The van der Waals surface area contributed by atoms with E-state index in [2.05, 4.69) is 26.7 Å². The lowest BCUT2D eigenvalue weighted by Gasteiger charge is -2.24. The molecule has 0 saturated carbocycles. The van der Waals surface area contributed by atoms with Crippen molar-refractivity contribution in [2.24, 2.45) is 0 Å². The van der Waals surface area contributed by atoms with Crippen molar-refractivity contribution in [1.29, 1.82) is 5.26 Å². The van der Waals surface area contributed by atoms with Gasteiger partial charge in [-0.1, -0.05) is 11.6 Å². The molecule has 1 aliphatic heterocycles. The number of nitrogens with zero attached hydrogens (tertiary/aromatic N) is 7. The Morgan fingerprint density at radius 2 is 2.02 bits per heavy atom. The summed E-state index contributed by atoms with van der Waals surface area (Å²) in [5.74, 6) is 1.60. The summed E-state index contributed by atoms with van der Waals surface area (Å²) >= 11 is 5.87. The topological polar surface area (TPSA) is 140 Å². The Kier molecular flexibility index (Phi) is 7.81. The van der Waals surface area contributed by atoms with Gasteiger partial charge in [0.1, 0.15) is 29.3 Å². The van der Waals surface area contributed by atoms with Crippen molar-refractivity contribution >= 4 is 29.0 Å². The number of ether oxygens (including phenoxy) is 3. The molecule has 5 rings (SSSR count). The standard InChI is InChI=1S/C28H29ClN8O4/c1-5-39-19-10-20(26-18(11-30)13-32-37(26)14-19)17-6-8-24(31-12-17)36-15-21(33-27(38)41-28(2,3)4)22(16-36)40-25-9-7-23(29)34-35-25/h6-10,12-14,21-22H,5,15-16H2,1-4H3,(H,33,38)/t21-,22-/m1/s1. The van der Waals surface area contributed by atoms with Crippen LogP contribution in [0.2, 0.25) is 5.15 Å². The van der Waals surface area contributed by atoms with Gasteiger partial charge >= 0.3 is 6.09 Å². The first-order chi connectivity index (χ1) is 19.6. The van der Waals surface area contributed by atoms with E-state index in [1.807, 2.05) is 30.0 Å². The van der Waals surface area contributed by atoms with Gasteiger partial charge in [0.05, 0.1) is 42.7 Å². The highest BCUT2D eigenvalue weighted by molar-refractivity contribution is 6.29. The molecule has 212 valence electrons. The van der Waals surface area contributed by atoms with Crippen molar-refractivity contribution < 1.29 is 19.0 Å². The lowest BCUT2D eigenvalue weighted by atomic mass is 10.1. The SMILES string of the molecule is CCOc1cc(-c2ccc(N3C[C@@H](NC(=O)OC(C)(C)C)[C@H](Oc4ccc(Cl)nn4)C3)nc2)c2c(C#N)cnn2c1. The van der Waals surface area contributed by atoms with Crippen LogP contribution in [0, 0.1) is 11.3 Å². The second-order valence-electron chi connectivity index (χ2n) is 10.4. The molecule has 1 amide bonds. The molecule has 0 aliphatic carbocycles. The summed E-state index contributed by atoms with van der Waals surface area (Å²) in [7, 11) is 0. The average molecular weight is 577 g/mol. The Balaban J connectivity index is 1.40. The van der Waals surface area contributed by atoms with Crippen molar-refractivity contribution in [1.82, 2.24) is 30.1 Å². The Hall–Kier alpha value is -4.63. The van der Waals surface area contributed by atoms with Crippen LogP contribution >= 0.6 is 11.6 Å². The van der Waals surface area contributed by atoms with E-state index in [1.165, 1.54) is 6.20 Å². The van der Waals surface area contributed by atoms with Crippen molar-refractivity contribution in [3.63, 3.8) is 0 Å². The molecule has 1 aliphatic rings. The molecule has 0 bridgehead atoms. The van der Waals surface area contributed by atoms with E-state index in [1.54, 1.807) is 49.8 Å². The van der Waals surface area contributed by atoms with Gasteiger partial charge in [-0.3, -0.25) is 0 Å². The number of hydrogen-bond acceptors (Lipinski definition) is 10. The number of rotatable bonds is 7. The average Bonchev–Trinajstić information content (AvgIpc) is 3.52. The molecule has 1 saturated heterocycles. The van der Waals surface area contributed by atoms with Crippen LogP contribution in [0.1, 0.15) is 33.3 Å². The van der Waals surface area contributed by atoms with Crippen LogP contribution in [0.25, 0.3) is 16.6 Å². The molecule has 2 atom stereocenters. The number of hydrogen-bond donors (Lipinski definition) is 1. The summed E-state index contributed by atoms with van der Waals surface area (Å²) < 4.78 is 18.9. The van der Waals surface area contributed by atoms with Crippen molar-refractivity contribution in [3.05, 3.63) is 59.6 Å². The zero-order valence-corrected chi connectivity index (χ0v) is 23.8. The maximum Gasteiger partial charge on any atom is 0.408 e. The van der Waals surface area contributed by atoms with E-state index in [0.717, 1.165) is 11.1 Å². The van der Waals surface area contributed by atoms with E-state index in [-0.39, 0.29) is 11.0 Å². The first-order valence-corrected chi connectivity index (χ1v) is 13.4. The first-order valence-electron chi connectivity index (χ1n) is 13.0. The number of carbonyl (C=O) groups excluding carboxylic acids is 1. The third-order valence-corrected chi connectivity index (χ3v) is 6.45. The highest BCUT2D eigenvalue weighted by Crippen LogP contribution is 2.32. The Labute approximate surface area is 241 Å². The minimum absolute atomic E-state index is 0.250. The summed E-state index contributed by atoms with van der Waals surface area (Å²) in [5, 5.41) is 24.9. The molecule has 0 radical (unpaired) electrons. The van der Waals surface area contributed by atoms with Gasteiger partial charge in [-0.05, 0) is 52.0 Å². The number of fused-ring (bicyclic) bond motifs is 1. The van der Waals surface area contributed by atoms with E-state index < -0.39 is 23.8 Å². The number of halogens is 1. The second-order valence-corrected chi connectivity index (χ2v) is 10.8. The Morgan fingerprint density at radius 1 is 1.20 bits per heavy atom. The maximum absolute atomic E-state index is 12.6. The summed E-state index contributed by atoms with van der Waals surface area (Å²) in [5.41, 5.74) is 2.05. The first kappa shape index (κ1) is 27.9. The van der Waals surface area contributed by atoms with Gasteiger partial charge in [0.2, 0.25) is 5.88 Å². The smallest absolute Gasteiger partial charge is 0.408 e. The number of pyridine rings is 2.